The van der Waals surface area contributed by atoms with Crippen molar-refractivity contribution in [2.45, 2.75) is 6.92 Å². The molecule has 0 saturated heterocycles. The van der Waals surface area contributed by atoms with Crippen LogP contribution in [0.5, 0.6) is 5.75 Å². The Morgan fingerprint density at radius 2 is 1.76 bits per heavy atom. The fourth-order valence-electron chi connectivity index (χ4n) is 3.00. The Morgan fingerprint density at radius 3 is 2.60 bits per heavy atom. The zero-order valence-corrected chi connectivity index (χ0v) is 13.7. The van der Waals surface area contributed by atoms with Crippen molar-refractivity contribution in [3.63, 3.8) is 0 Å². The lowest BCUT2D eigenvalue weighted by Crippen LogP contribution is -2.08. The van der Waals surface area contributed by atoms with Gasteiger partial charge < -0.3 is 15.0 Å². The van der Waals surface area contributed by atoms with Crippen molar-refractivity contribution >= 4 is 33.2 Å². The molecule has 2 heterocycles. The topological polar surface area (TPSA) is 67.0 Å². The smallest absolute Gasteiger partial charge is 0.257 e. The maximum Gasteiger partial charge on any atom is 0.257 e. The molecule has 0 aliphatic carbocycles. The summed E-state index contributed by atoms with van der Waals surface area (Å²) in [7, 11) is 0. The number of ether oxygens (including phenoxy) is 1. The molecule has 0 atom stereocenters. The van der Waals surface area contributed by atoms with Crippen LogP contribution in [0.2, 0.25) is 0 Å². The number of nitrogens with one attached hydrogen (secondary N) is 2. The highest BCUT2D eigenvalue weighted by Gasteiger charge is 2.11. The van der Waals surface area contributed by atoms with Gasteiger partial charge in [0.15, 0.2) is 0 Å². The fraction of sp³-hybridized carbons (Fsp3) is 0.100. The molecule has 0 unspecified atom stereocenters. The van der Waals surface area contributed by atoms with Gasteiger partial charge in [0.1, 0.15) is 11.4 Å². The van der Waals surface area contributed by atoms with Crippen molar-refractivity contribution in [3.8, 4) is 5.75 Å². The predicted octanol–water partition coefficient (Wildman–Crippen LogP) is 4.22. The van der Waals surface area contributed by atoms with E-state index in [9.17, 15) is 4.79 Å². The minimum absolute atomic E-state index is 0.137. The van der Waals surface area contributed by atoms with Gasteiger partial charge in [-0.15, -0.1) is 0 Å². The minimum Gasteiger partial charge on any atom is -0.492 e. The number of nitrogens with zero attached hydrogens (tertiary/aromatic N) is 1. The van der Waals surface area contributed by atoms with Crippen LogP contribution in [0.4, 0.5) is 11.4 Å². The first-order valence-electron chi connectivity index (χ1n) is 8.16. The normalized spacial score (nSPS) is 10.9. The predicted molar refractivity (Wildman–Crippen MR) is 101 cm³/mol. The molecule has 0 spiro atoms. The molecule has 0 amide bonds. The average Bonchev–Trinajstić information content (AvgIpc) is 2.64. The van der Waals surface area contributed by atoms with Crippen LogP contribution >= 0.6 is 0 Å². The Labute approximate surface area is 144 Å². The second-order valence-corrected chi connectivity index (χ2v) is 5.64. The summed E-state index contributed by atoms with van der Waals surface area (Å²) in [5.74, 6) is 0.781. The van der Waals surface area contributed by atoms with Gasteiger partial charge in [0.25, 0.3) is 5.56 Å². The Bertz CT molecular complexity index is 1120. The molecule has 4 aromatic rings. The van der Waals surface area contributed by atoms with E-state index in [1.807, 2.05) is 61.5 Å². The number of para-hydroxylation sites is 2. The lowest BCUT2D eigenvalue weighted by molar-refractivity contribution is 0.342. The first-order chi connectivity index (χ1) is 12.3. The maximum absolute atomic E-state index is 12.3. The van der Waals surface area contributed by atoms with Gasteiger partial charge in [-0.25, -0.2) is 4.98 Å². The van der Waals surface area contributed by atoms with Gasteiger partial charge in [-0.3, -0.25) is 4.79 Å². The molecule has 2 N–H and O–H groups in total. The molecule has 4 rings (SSSR count). The largest absolute Gasteiger partial charge is 0.492 e. The number of H-pyrrole nitrogens is 1. The fourth-order valence-corrected chi connectivity index (χ4v) is 3.00. The summed E-state index contributed by atoms with van der Waals surface area (Å²) in [4.78, 5) is 19.5. The van der Waals surface area contributed by atoms with Crippen LogP contribution in [0.1, 0.15) is 6.92 Å². The Balaban J connectivity index is 1.94. The van der Waals surface area contributed by atoms with Crippen molar-refractivity contribution in [1.82, 2.24) is 9.97 Å². The SMILES string of the molecule is CCOc1ccccc1Nc1ccnc2[nH]c(=O)c3ccccc3c12. The van der Waals surface area contributed by atoms with Gasteiger partial charge in [0, 0.05) is 22.4 Å². The third kappa shape index (κ3) is 2.70. The van der Waals surface area contributed by atoms with Crippen molar-refractivity contribution in [1.29, 1.82) is 0 Å². The van der Waals surface area contributed by atoms with Gasteiger partial charge >= 0.3 is 0 Å². The van der Waals surface area contributed by atoms with Gasteiger partial charge in [0.2, 0.25) is 0 Å². The number of pyridine rings is 2. The van der Waals surface area contributed by atoms with Crippen LogP contribution in [0, 0.1) is 0 Å². The Kier molecular flexibility index (Phi) is 3.82. The molecule has 0 aliphatic heterocycles. The van der Waals surface area contributed by atoms with Gasteiger partial charge in [0.05, 0.1) is 18.0 Å². The lowest BCUT2D eigenvalue weighted by atomic mass is 10.1. The third-order valence-corrected chi connectivity index (χ3v) is 4.08. The zero-order valence-electron chi connectivity index (χ0n) is 13.7. The molecule has 0 saturated carbocycles. The van der Waals surface area contributed by atoms with E-state index < -0.39 is 0 Å². The second-order valence-electron chi connectivity index (χ2n) is 5.64. The summed E-state index contributed by atoms with van der Waals surface area (Å²) in [6.45, 7) is 2.54. The summed E-state index contributed by atoms with van der Waals surface area (Å²) < 4.78 is 5.69. The van der Waals surface area contributed by atoms with E-state index in [2.05, 4.69) is 15.3 Å². The highest BCUT2D eigenvalue weighted by atomic mass is 16.5. The molecule has 0 fully saturated rings. The van der Waals surface area contributed by atoms with E-state index in [-0.39, 0.29) is 5.56 Å². The van der Waals surface area contributed by atoms with Crippen molar-refractivity contribution in [3.05, 3.63) is 71.1 Å². The van der Waals surface area contributed by atoms with E-state index in [0.717, 1.165) is 27.9 Å². The van der Waals surface area contributed by atoms with Crippen LogP contribution in [0.25, 0.3) is 21.8 Å². The van der Waals surface area contributed by atoms with Gasteiger partial charge in [-0.05, 0) is 31.2 Å². The van der Waals surface area contributed by atoms with Crippen molar-refractivity contribution in [2.24, 2.45) is 0 Å². The van der Waals surface area contributed by atoms with E-state index >= 15 is 0 Å². The summed E-state index contributed by atoms with van der Waals surface area (Å²) >= 11 is 0. The van der Waals surface area contributed by atoms with Crippen LogP contribution in [0.3, 0.4) is 0 Å². The Hall–Kier alpha value is -3.34. The number of anilines is 2. The van der Waals surface area contributed by atoms with Gasteiger partial charge in [-0.2, -0.15) is 0 Å². The van der Waals surface area contributed by atoms with Crippen LogP contribution in [-0.4, -0.2) is 16.6 Å². The van der Waals surface area contributed by atoms with E-state index in [0.29, 0.717) is 17.6 Å². The molecule has 25 heavy (non-hydrogen) atoms. The molecule has 2 aromatic carbocycles. The number of aromatic amines is 1. The number of fused-ring (bicyclic) bond motifs is 3. The lowest BCUT2D eigenvalue weighted by Gasteiger charge is -2.14. The van der Waals surface area contributed by atoms with Crippen molar-refractivity contribution in [2.75, 3.05) is 11.9 Å². The summed E-state index contributed by atoms with van der Waals surface area (Å²) in [5.41, 5.74) is 2.15. The molecular weight excluding hydrogens is 314 g/mol. The third-order valence-electron chi connectivity index (χ3n) is 4.08. The quantitative estimate of drug-likeness (QED) is 0.550. The molecule has 2 aromatic heterocycles. The van der Waals surface area contributed by atoms with Crippen LogP contribution < -0.4 is 15.6 Å². The summed E-state index contributed by atoms with van der Waals surface area (Å²) in [5, 5.41) is 5.81. The first kappa shape index (κ1) is 15.2. The monoisotopic (exact) mass is 331 g/mol. The molecule has 0 aliphatic rings. The second kappa shape index (κ2) is 6.28. The van der Waals surface area contributed by atoms with E-state index in [4.69, 9.17) is 4.74 Å². The highest BCUT2D eigenvalue weighted by Crippen LogP contribution is 2.32. The molecule has 0 radical (unpaired) electrons. The summed E-state index contributed by atoms with van der Waals surface area (Å²) in [6.07, 6.45) is 1.68. The molecule has 124 valence electrons. The number of rotatable bonds is 4. The number of hydrogen-bond acceptors (Lipinski definition) is 4. The number of benzene rings is 2. The van der Waals surface area contributed by atoms with Crippen LogP contribution in [-0.2, 0) is 0 Å². The number of aromatic nitrogens is 2. The first-order valence-corrected chi connectivity index (χ1v) is 8.16. The van der Waals surface area contributed by atoms with Crippen LogP contribution in [0.15, 0.2) is 65.6 Å². The standard InChI is InChI=1S/C20H17N3O2/c1-2-25-17-10-6-5-9-15(17)22-16-11-12-21-19-18(16)13-7-3-4-8-14(13)20(24)23-19/h3-12H,2H2,1H3,(H2,21,22,23,24). The summed E-state index contributed by atoms with van der Waals surface area (Å²) in [6, 6.07) is 17.2. The molecular formula is C20H17N3O2. The highest BCUT2D eigenvalue weighted by molar-refractivity contribution is 6.10. The number of hydrogen-bond donors (Lipinski definition) is 2. The van der Waals surface area contributed by atoms with Gasteiger partial charge in [-0.1, -0.05) is 30.3 Å². The van der Waals surface area contributed by atoms with E-state index in [1.165, 1.54) is 0 Å². The molecule has 0 bridgehead atoms. The molecule has 5 nitrogen and oxygen atoms in total. The van der Waals surface area contributed by atoms with Crippen molar-refractivity contribution < 1.29 is 4.74 Å². The Morgan fingerprint density at radius 1 is 1.00 bits per heavy atom. The minimum atomic E-state index is -0.137. The maximum atomic E-state index is 12.3. The zero-order chi connectivity index (χ0) is 17.2. The van der Waals surface area contributed by atoms with E-state index in [1.54, 1.807) is 6.20 Å². The molecule has 5 heteroatoms. The average molecular weight is 331 g/mol.